The molecule has 0 radical (unpaired) electrons. The molecule has 3 heteroatoms. The van der Waals surface area contributed by atoms with E-state index in [-0.39, 0.29) is 0 Å². The van der Waals surface area contributed by atoms with Crippen molar-refractivity contribution in [3.8, 4) is 0 Å². The number of nitrogens with two attached hydrogens (primary N) is 1. The number of rotatable bonds is 3. The van der Waals surface area contributed by atoms with Crippen molar-refractivity contribution in [1.82, 2.24) is 4.98 Å². The van der Waals surface area contributed by atoms with Crippen LogP contribution in [-0.4, -0.2) is 11.6 Å². The SMILES string of the molecule is CCOCc1cnc(C)cc1N. The number of ether oxygens (including phenoxy) is 1. The van der Waals surface area contributed by atoms with Crippen molar-refractivity contribution in [3.05, 3.63) is 23.5 Å². The van der Waals surface area contributed by atoms with Crippen LogP contribution in [0, 0.1) is 6.92 Å². The van der Waals surface area contributed by atoms with Crippen LogP contribution in [-0.2, 0) is 11.3 Å². The summed E-state index contributed by atoms with van der Waals surface area (Å²) in [6.45, 7) is 5.13. The van der Waals surface area contributed by atoms with Crippen molar-refractivity contribution in [3.63, 3.8) is 0 Å². The lowest BCUT2D eigenvalue weighted by Crippen LogP contribution is -1.99. The first-order valence-corrected chi connectivity index (χ1v) is 4.02. The summed E-state index contributed by atoms with van der Waals surface area (Å²) >= 11 is 0. The van der Waals surface area contributed by atoms with Crippen molar-refractivity contribution in [2.75, 3.05) is 12.3 Å². The third kappa shape index (κ3) is 2.20. The zero-order chi connectivity index (χ0) is 8.97. The summed E-state index contributed by atoms with van der Waals surface area (Å²) in [5.41, 5.74) is 8.40. The van der Waals surface area contributed by atoms with Gasteiger partial charge in [0.25, 0.3) is 0 Å². The summed E-state index contributed by atoms with van der Waals surface area (Å²) in [5, 5.41) is 0. The Morgan fingerprint density at radius 1 is 1.58 bits per heavy atom. The maximum Gasteiger partial charge on any atom is 0.0751 e. The normalized spacial score (nSPS) is 10.2. The van der Waals surface area contributed by atoms with Gasteiger partial charge in [-0.3, -0.25) is 4.98 Å². The maximum atomic E-state index is 5.74. The molecule has 0 saturated carbocycles. The van der Waals surface area contributed by atoms with Gasteiger partial charge in [-0.05, 0) is 19.9 Å². The van der Waals surface area contributed by atoms with Gasteiger partial charge in [-0.25, -0.2) is 0 Å². The molecule has 0 amide bonds. The Kier molecular flexibility index (Phi) is 3.05. The lowest BCUT2D eigenvalue weighted by Gasteiger charge is -2.05. The van der Waals surface area contributed by atoms with E-state index in [1.807, 2.05) is 19.9 Å². The molecule has 12 heavy (non-hydrogen) atoms. The Hall–Kier alpha value is -1.09. The molecule has 0 aliphatic rings. The van der Waals surface area contributed by atoms with Crippen LogP contribution in [0.1, 0.15) is 18.2 Å². The summed E-state index contributed by atoms with van der Waals surface area (Å²) in [5.74, 6) is 0. The quantitative estimate of drug-likeness (QED) is 0.740. The average Bonchev–Trinajstić information content (AvgIpc) is 2.03. The second-order valence-electron chi connectivity index (χ2n) is 2.66. The first kappa shape index (κ1) is 9.00. The van der Waals surface area contributed by atoms with Crippen molar-refractivity contribution < 1.29 is 4.74 Å². The van der Waals surface area contributed by atoms with Gasteiger partial charge in [0.2, 0.25) is 0 Å². The molecule has 2 N–H and O–H groups in total. The van der Waals surface area contributed by atoms with E-state index in [1.165, 1.54) is 0 Å². The highest BCUT2D eigenvalue weighted by Crippen LogP contribution is 2.11. The van der Waals surface area contributed by atoms with E-state index in [4.69, 9.17) is 10.5 Å². The summed E-state index contributed by atoms with van der Waals surface area (Å²) in [4.78, 5) is 4.13. The number of hydrogen-bond acceptors (Lipinski definition) is 3. The standard InChI is InChI=1S/C9H14N2O/c1-3-12-6-8-5-11-7(2)4-9(8)10/h4-5H,3,6H2,1-2H3,(H2,10,11). The van der Waals surface area contributed by atoms with E-state index in [9.17, 15) is 0 Å². The van der Waals surface area contributed by atoms with Crippen LogP contribution in [0.2, 0.25) is 0 Å². The van der Waals surface area contributed by atoms with E-state index in [1.54, 1.807) is 6.20 Å². The van der Waals surface area contributed by atoms with Gasteiger partial charge in [-0.1, -0.05) is 0 Å². The second-order valence-corrected chi connectivity index (χ2v) is 2.66. The van der Waals surface area contributed by atoms with Crippen molar-refractivity contribution >= 4 is 5.69 Å². The van der Waals surface area contributed by atoms with Crippen molar-refractivity contribution in [2.45, 2.75) is 20.5 Å². The Bertz CT molecular complexity index is 261. The van der Waals surface area contributed by atoms with Crippen LogP contribution in [0.15, 0.2) is 12.3 Å². The molecule has 1 aromatic rings. The summed E-state index contributed by atoms with van der Waals surface area (Å²) < 4.78 is 5.22. The third-order valence-electron chi connectivity index (χ3n) is 1.62. The summed E-state index contributed by atoms with van der Waals surface area (Å²) in [7, 11) is 0. The highest BCUT2D eigenvalue weighted by molar-refractivity contribution is 5.45. The molecule has 0 fully saturated rings. The number of nitrogens with zero attached hydrogens (tertiary/aromatic N) is 1. The molecule has 66 valence electrons. The van der Waals surface area contributed by atoms with Crippen molar-refractivity contribution in [2.24, 2.45) is 0 Å². The fraction of sp³-hybridized carbons (Fsp3) is 0.444. The predicted octanol–water partition coefficient (Wildman–Crippen LogP) is 1.51. The zero-order valence-electron chi connectivity index (χ0n) is 7.50. The van der Waals surface area contributed by atoms with Crippen LogP contribution in [0.5, 0.6) is 0 Å². The number of anilines is 1. The Morgan fingerprint density at radius 2 is 2.33 bits per heavy atom. The third-order valence-corrected chi connectivity index (χ3v) is 1.62. The Morgan fingerprint density at radius 3 is 2.92 bits per heavy atom. The van der Waals surface area contributed by atoms with Crippen molar-refractivity contribution in [1.29, 1.82) is 0 Å². The Labute approximate surface area is 72.6 Å². The van der Waals surface area contributed by atoms with E-state index in [0.717, 1.165) is 16.9 Å². The molecule has 1 heterocycles. The molecule has 0 atom stereocenters. The monoisotopic (exact) mass is 166 g/mol. The minimum atomic E-state index is 0.551. The number of pyridine rings is 1. The second kappa shape index (κ2) is 4.07. The number of aromatic nitrogens is 1. The Balaban J connectivity index is 2.72. The van der Waals surface area contributed by atoms with Crippen LogP contribution < -0.4 is 5.73 Å². The number of aryl methyl sites for hydroxylation is 1. The molecular weight excluding hydrogens is 152 g/mol. The van der Waals surface area contributed by atoms with E-state index < -0.39 is 0 Å². The summed E-state index contributed by atoms with van der Waals surface area (Å²) in [6, 6.07) is 1.86. The van der Waals surface area contributed by atoms with Gasteiger partial charge in [0.05, 0.1) is 6.61 Å². The average molecular weight is 166 g/mol. The summed E-state index contributed by atoms with van der Waals surface area (Å²) in [6.07, 6.45) is 1.76. The largest absolute Gasteiger partial charge is 0.398 e. The molecule has 0 unspecified atom stereocenters. The van der Waals surface area contributed by atoms with Crippen LogP contribution in [0.4, 0.5) is 5.69 Å². The van der Waals surface area contributed by atoms with Crippen LogP contribution in [0.3, 0.4) is 0 Å². The molecular formula is C9H14N2O. The molecule has 3 nitrogen and oxygen atoms in total. The van der Waals surface area contributed by atoms with Gasteiger partial charge in [-0.2, -0.15) is 0 Å². The van der Waals surface area contributed by atoms with Gasteiger partial charge in [0, 0.05) is 29.7 Å². The number of hydrogen-bond donors (Lipinski definition) is 1. The maximum absolute atomic E-state index is 5.74. The highest BCUT2D eigenvalue weighted by Gasteiger charge is 1.98. The molecule has 0 bridgehead atoms. The molecule has 0 spiro atoms. The topological polar surface area (TPSA) is 48.1 Å². The number of nitrogen functional groups attached to an aromatic ring is 1. The highest BCUT2D eigenvalue weighted by atomic mass is 16.5. The first-order chi connectivity index (χ1) is 5.74. The van der Waals surface area contributed by atoms with Gasteiger partial charge >= 0.3 is 0 Å². The fourth-order valence-electron chi connectivity index (χ4n) is 0.942. The van der Waals surface area contributed by atoms with E-state index in [0.29, 0.717) is 13.2 Å². The molecule has 0 aliphatic heterocycles. The lowest BCUT2D eigenvalue weighted by molar-refractivity contribution is 0.134. The van der Waals surface area contributed by atoms with Gasteiger partial charge < -0.3 is 10.5 Å². The van der Waals surface area contributed by atoms with E-state index >= 15 is 0 Å². The first-order valence-electron chi connectivity index (χ1n) is 4.02. The molecule has 0 aliphatic carbocycles. The molecule has 1 aromatic heterocycles. The van der Waals surface area contributed by atoms with Crippen LogP contribution >= 0.6 is 0 Å². The minimum Gasteiger partial charge on any atom is -0.398 e. The predicted molar refractivity (Wildman–Crippen MR) is 48.7 cm³/mol. The smallest absolute Gasteiger partial charge is 0.0751 e. The zero-order valence-corrected chi connectivity index (χ0v) is 7.50. The van der Waals surface area contributed by atoms with Gasteiger partial charge in [-0.15, -0.1) is 0 Å². The molecule has 1 rings (SSSR count). The van der Waals surface area contributed by atoms with E-state index in [2.05, 4.69) is 4.98 Å². The molecule has 0 aromatic carbocycles. The minimum absolute atomic E-state index is 0.551. The van der Waals surface area contributed by atoms with Gasteiger partial charge in [0.15, 0.2) is 0 Å². The van der Waals surface area contributed by atoms with Crippen LogP contribution in [0.25, 0.3) is 0 Å². The lowest BCUT2D eigenvalue weighted by atomic mass is 10.2. The van der Waals surface area contributed by atoms with Gasteiger partial charge in [0.1, 0.15) is 0 Å². The molecule has 0 saturated heterocycles. The fourth-order valence-corrected chi connectivity index (χ4v) is 0.942.